The third kappa shape index (κ3) is 6.00. The van der Waals surface area contributed by atoms with E-state index in [2.05, 4.69) is 5.32 Å². The number of esters is 1. The van der Waals surface area contributed by atoms with Crippen molar-refractivity contribution in [3.8, 4) is 0 Å². The van der Waals surface area contributed by atoms with Crippen LogP contribution in [-0.4, -0.2) is 32.6 Å². The van der Waals surface area contributed by atoms with Gasteiger partial charge in [-0.15, -0.1) is 0 Å². The fourth-order valence-corrected chi connectivity index (χ4v) is 2.86. The van der Waals surface area contributed by atoms with Crippen molar-refractivity contribution in [1.82, 2.24) is 0 Å². The van der Waals surface area contributed by atoms with Gasteiger partial charge in [-0.3, -0.25) is 9.59 Å². The molecule has 2 rings (SSSR count). The predicted molar refractivity (Wildman–Crippen MR) is 109 cm³/mol. The third-order valence-electron chi connectivity index (χ3n) is 4.16. The lowest BCUT2D eigenvalue weighted by Crippen LogP contribution is -2.26. The van der Waals surface area contributed by atoms with Crippen LogP contribution in [0.15, 0.2) is 48.5 Å². The van der Waals surface area contributed by atoms with Crippen molar-refractivity contribution in [2.75, 3.05) is 30.9 Å². The van der Waals surface area contributed by atoms with E-state index in [4.69, 9.17) is 16.3 Å². The van der Waals surface area contributed by atoms with Crippen LogP contribution in [0.2, 0.25) is 5.02 Å². The highest BCUT2D eigenvalue weighted by Crippen LogP contribution is 2.27. The van der Waals surface area contributed by atoms with Gasteiger partial charge in [-0.1, -0.05) is 37.6 Å². The van der Waals surface area contributed by atoms with Crippen molar-refractivity contribution in [3.05, 3.63) is 59.1 Å². The third-order valence-corrected chi connectivity index (χ3v) is 4.41. The van der Waals surface area contributed by atoms with Crippen LogP contribution in [-0.2, 0) is 14.3 Å². The number of hydrogen-bond acceptors (Lipinski definition) is 4. The van der Waals surface area contributed by atoms with E-state index in [1.165, 1.54) is 0 Å². The van der Waals surface area contributed by atoms with Crippen LogP contribution in [0.4, 0.5) is 11.4 Å². The quantitative estimate of drug-likeness (QED) is 0.717. The SMILES string of the molecule is CC(C)[C@H](C(=O)OCC(=O)Nc1ccc(N(C)C)cc1)c1ccc(Cl)cc1. The normalized spacial score (nSPS) is 11.8. The first-order valence-corrected chi connectivity index (χ1v) is 9.15. The smallest absolute Gasteiger partial charge is 0.314 e. The zero-order valence-corrected chi connectivity index (χ0v) is 16.8. The molecule has 0 fully saturated rings. The molecule has 0 heterocycles. The number of nitrogens with one attached hydrogen (secondary N) is 1. The van der Waals surface area contributed by atoms with Crippen LogP contribution in [0.25, 0.3) is 0 Å². The van der Waals surface area contributed by atoms with E-state index in [1.54, 1.807) is 36.4 Å². The number of benzene rings is 2. The zero-order chi connectivity index (χ0) is 20.0. The Balaban J connectivity index is 1.94. The molecule has 1 N–H and O–H groups in total. The molecular weight excluding hydrogens is 364 g/mol. The second kappa shape index (κ2) is 9.42. The van der Waals surface area contributed by atoms with Gasteiger partial charge < -0.3 is 15.0 Å². The molecule has 6 heteroatoms. The van der Waals surface area contributed by atoms with E-state index in [1.807, 2.05) is 45.0 Å². The van der Waals surface area contributed by atoms with Crippen LogP contribution >= 0.6 is 11.6 Å². The molecule has 0 saturated carbocycles. The maximum absolute atomic E-state index is 12.5. The fourth-order valence-electron chi connectivity index (χ4n) is 2.73. The number of ether oxygens (including phenoxy) is 1. The topological polar surface area (TPSA) is 58.6 Å². The highest BCUT2D eigenvalue weighted by molar-refractivity contribution is 6.30. The second-order valence-electron chi connectivity index (χ2n) is 6.87. The standard InChI is InChI=1S/C21H25ClN2O3/c1-14(2)20(15-5-7-16(22)8-6-15)21(26)27-13-19(25)23-17-9-11-18(12-10-17)24(3)4/h5-12,14,20H,13H2,1-4H3,(H,23,25)/t20-/m0/s1. The summed E-state index contributed by atoms with van der Waals surface area (Å²) < 4.78 is 5.25. The number of amides is 1. The molecule has 1 amide bonds. The summed E-state index contributed by atoms with van der Waals surface area (Å²) in [6.45, 7) is 3.55. The van der Waals surface area contributed by atoms with E-state index in [0.717, 1.165) is 11.3 Å². The van der Waals surface area contributed by atoms with Crippen molar-refractivity contribution in [3.63, 3.8) is 0 Å². The fraction of sp³-hybridized carbons (Fsp3) is 0.333. The van der Waals surface area contributed by atoms with Gasteiger partial charge in [0.15, 0.2) is 6.61 Å². The Morgan fingerprint density at radius 3 is 2.15 bits per heavy atom. The molecule has 144 valence electrons. The first-order chi connectivity index (χ1) is 12.8. The summed E-state index contributed by atoms with van der Waals surface area (Å²) in [6.07, 6.45) is 0. The highest BCUT2D eigenvalue weighted by Gasteiger charge is 2.26. The Kier molecular flexibility index (Phi) is 7.25. The Morgan fingerprint density at radius 2 is 1.63 bits per heavy atom. The lowest BCUT2D eigenvalue weighted by molar-refractivity contribution is -0.149. The molecule has 5 nitrogen and oxygen atoms in total. The second-order valence-corrected chi connectivity index (χ2v) is 7.31. The summed E-state index contributed by atoms with van der Waals surface area (Å²) in [4.78, 5) is 26.6. The van der Waals surface area contributed by atoms with Crippen molar-refractivity contribution in [2.24, 2.45) is 5.92 Å². The Bertz CT molecular complexity index is 771. The number of rotatable bonds is 7. The minimum Gasteiger partial charge on any atom is -0.455 e. The first kappa shape index (κ1) is 20.8. The molecule has 1 atom stereocenters. The Morgan fingerprint density at radius 1 is 1.04 bits per heavy atom. The van der Waals surface area contributed by atoms with E-state index in [0.29, 0.717) is 10.7 Å². The molecular formula is C21H25ClN2O3. The van der Waals surface area contributed by atoms with E-state index in [9.17, 15) is 9.59 Å². The molecule has 2 aromatic carbocycles. The largest absolute Gasteiger partial charge is 0.455 e. The number of carbonyl (C=O) groups is 2. The summed E-state index contributed by atoms with van der Waals surface area (Å²) in [7, 11) is 3.89. The molecule has 0 aliphatic heterocycles. The number of halogens is 1. The number of hydrogen-bond donors (Lipinski definition) is 1. The van der Waals surface area contributed by atoms with E-state index < -0.39 is 11.9 Å². The molecule has 0 spiro atoms. The minimum absolute atomic E-state index is 0.0281. The Hall–Kier alpha value is -2.53. The van der Waals surface area contributed by atoms with Gasteiger partial charge >= 0.3 is 5.97 Å². The predicted octanol–water partition coefficient (Wildman–Crippen LogP) is 4.33. The van der Waals surface area contributed by atoms with Crippen molar-refractivity contribution in [2.45, 2.75) is 19.8 Å². The van der Waals surface area contributed by atoms with Gasteiger partial charge in [0, 0.05) is 30.5 Å². The molecule has 0 radical (unpaired) electrons. The van der Waals surface area contributed by atoms with Crippen LogP contribution in [0.5, 0.6) is 0 Å². The zero-order valence-electron chi connectivity index (χ0n) is 16.0. The van der Waals surface area contributed by atoms with Gasteiger partial charge in [0.2, 0.25) is 0 Å². The summed E-state index contributed by atoms with van der Waals surface area (Å²) >= 11 is 5.91. The highest BCUT2D eigenvalue weighted by atomic mass is 35.5. The lowest BCUT2D eigenvalue weighted by Gasteiger charge is -2.20. The van der Waals surface area contributed by atoms with Crippen molar-refractivity contribution < 1.29 is 14.3 Å². The monoisotopic (exact) mass is 388 g/mol. The van der Waals surface area contributed by atoms with Gasteiger partial charge in [0.05, 0.1) is 5.92 Å². The van der Waals surface area contributed by atoms with Gasteiger partial charge in [0.25, 0.3) is 5.91 Å². The molecule has 0 bridgehead atoms. The maximum atomic E-state index is 12.5. The lowest BCUT2D eigenvalue weighted by atomic mass is 9.88. The first-order valence-electron chi connectivity index (χ1n) is 8.77. The van der Waals surface area contributed by atoms with Gasteiger partial charge in [-0.25, -0.2) is 0 Å². The molecule has 0 aliphatic rings. The Labute approximate surface area is 165 Å². The molecule has 2 aromatic rings. The molecule has 0 unspecified atom stereocenters. The molecule has 0 aliphatic carbocycles. The van der Waals surface area contributed by atoms with E-state index in [-0.39, 0.29) is 18.4 Å². The number of carbonyl (C=O) groups excluding carboxylic acids is 2. The molecule has 0 saturated heterocycles. The van der Waals surface area contributed by atoms with Crippen molar-refractivity contribution >= 4 is 34.9 Å². The summed E-state index contributed by atoms with van der Waals surface area (Å²) in [5, 5.41) is 3.33. The van der Waals surface area contributed by atoms with Crippen LogP contribution < -0.4 is 10.2 Å². The van der Waals surface area contributed by atoms with Crippen LogP contribution in [0, 0.1) is 5.92 Å². The summed E-state index contributed by atoms with van der Waals surface area (Å²) in [6, 6.07) is 14.5. The molecule has 27 heavy (non-hydrogen) atoms. The maximum Gasteiger partial charge on any atom is 0.314 e. The average Bonchev–Trinajstić information content (AvgIpc) is 2.62. The number of nitrogens with zero attached hydrogens (tertiary/aromatic N) is 1. The average molecular weight is 389 g/mol. The molecule has 0 aromatic heterocycles. The summed E-state index contributed by atoms with van der Waals surface area (Å²) in [5.74, 6) is -1.22. The van der Waals surface area contributed by atoms with Crippen molar-refractivity contribution in [1.29, 1.82) is 0 Å². The van der Waals surface area contributed by atoms with Gasteiger partial charge in [-0.05, 0) is 47.9 Å². The van der Waals surface area contributed by atoms with E-state index >= 15 is 0 Å². The van der Waals surface area contributed by atoms with Gasteiger partial charge in [0.1, 0.15) is 0 Å². The summed E-state index contributed by atoms with van der Waals surface area (Å²) in [5.41, 5.74) is 2.50. The minimum atomic E-state index is -0.450. The number of anilines is 2. The van der Waals surface area contributed by atoms with Crippen LogP contribution in [0.1, 0.15) is 25.3 Å². The van der Waals surface area contributed by atoms with Gasteiger partial charge in [-0.2, -0.15) is 0 Å². The van der Waals surface area contributed by atoms with Crippen LogP contribution in [0.3, 0.4) is 0 Å².